The van der Waals surface area contributed by atoms with E-state index in [1.807, 2.05) is 0 Å². The van der Waals surface area contributed by atoms with E-state index in [0.29, 0.717) is 0 Å². The molecule has 2 rings (SSSR count). The van der Waals surface area contributed by atoms with E-state index in [1.54, 1.807) is 0 Å². The summed E-state index contributed by atoms with van der Waals surface area (Å²) in [5, 5.41) is 3.58. The number of likely N-dealkylation sites (tertiary alicyclic amines) is 1. The zero-order valence-electron chi connectivity index (χ0n) is 11.6. The Morgan fingerprint density at radius 2 is 2.24 bits per heavy atom. The van der Waals surface area contributed by atoms with Crippen LogP contribution in [0.2, 0.25) is 0 Å². The maximum absolute atomic E-state index is 3.58. The molecule has 0 spiro atoms. The Labute approximate surface area is 107 Å². The maximum atomic E-state index is 3.58. The zero-order chi connectivity index (χ0) is 12.1. The molecule has 17 heavy (non-hydrogen) atoms. The molecule has 1 N–H and O–H groups in total. The SMILES string of the molecule is CN(CCCC1CCCN1)CC1CCN(C)C1. The van der Waals surface area contributed by atoms with Crippen molar-refractivity contribution in [3.63, 3.8) is 0 Å². The standard InChI is InChI=1S/C14H29N3/c1-16(11-13-7-10-17(2)12-13)9-4-6-14-5-3-8-15-14/h13-15H,3-12H2,1-2H3. The van der Waals surface area contributed by atoms with E-state index in [0.717, 1.165) is 12.0 Å². The van der Waals surface area contributed by atoms with Gasteiger partial charge in [0.05, 0.1) is 0 Å². The molecule has 0 aromatic rings. The van der Waals surface area contributed by atoms with Crippen molar-refractivity contribution in [2.75, 3.05) is 46.8 Å². The average Bonchev–Trinajstić information content (AvgIpc) is 2.90. The Morgan fingerprint density at radius 1 is 1.35 bits per heavy atom. The van der Waals surface area contributed by atoms with Crippen LogP contribution in [0.25, 0.3) is 0 Å². The molecule has 0 amide bonds. The van der Waals surface area contributed by atoms with Gasteiger partial charge in [-0.3, -0.25) is 0 Å². The summed E-state index contributed by atoms with van der Waals surface area (Å²) in [5.74, 6) is 0.912. The molecule has 2 aliphatic heterocycles. The highest BCUT2D eigenvalue weighted by atomic mass is 15.1. The van der Waals surface area contributed by atoms with Gasteiger partial charge in [-0.1, -0.05) is 0 Å². The summed E-state index contributed by atoms with van der Waals surface area (Å²) >= 11 is 0. The van der Waals surface area contributed by atoms with Crippen molar-refractivity contribution in [1.82, 2.24) is 15.1 Å². The molecule has 0 aliphatic carbocycles. The minimum absolute atomic E-state index is 0.820. The highest BCUT2D eigenvalue weighted by molar-refractivity contribution is 4.77. The van der Waals surface area contributed by atoms with Crippen LogP contribution < -0.4 is 5.32 Å². The molecular formula is C14H29N3. The Bertz CT molecular complexity index is 214. The van der Waals surface area contributed by atoms with Crippen molar-refractivity contribution in [3.05, 3.63) is 0 Å². The highest BCUT2D eigenvalue weighted by Gasteiger charge is 2.20. The molecule has 2 fully saturated rings. The minimum atomic E-state index is 0.820. The van der Waals surface area contributed by atoms with E-state index in [2.05, 4.69) is 29.2 Å². The second-order valence-electron chi connectivity index (χ2n) is 6.11. The van der Waals surface area contributed by atoms with E-state index in [1.165, 1.54) is 64.8 Å². The molecule has 2 unspecified atom stereocenters. The third kappa shape index (κ3) is 4.57. The summed E-state index contributed by atoms with van der Waals surface area (Å²) in [6, 6.07) is 0.820. The predicted molar refractivity (Wildman–Crippen MR) is 73.4 cm³/mol. The lowest BCUT2D eigenvalue weighted by atomic mass is 10.1. The van der Waals surface area contributed by atoms with Gasteiger partial charge >= 0.3 is 0 Å². The Kier molecular flexibility index (Phi) is 5.26. The van der Waals surface area contributed by atoms with Crippen molar-refractivity contribution in [2.24, 2.45) is 5.92 Å². The second kappa shape index (κ2) is 6.72. The number of nitrogens with zero attached hydrogens (tertiary/aromatic N) is 2. The molecular weight excluding hydrogens is 210 g/mol. The summed E-state index contributed by atoms with van der Waals surface area (Å²) < 4.78 is 0. The van der Waals surface area contributed by atoms with Crippen molar-refractivity contribution < 1.29 is 0 Å². The van der Waals surface area contributed by atoms with Crippen LogP contribution >= 0.6 is 0 Å². The quantitative estimate of drug-likeness (QED) is 0.756. The largest absolute Gasteiger partial charge is 0.314 e. The first-order chi connectivity index (χ1) is 8.24. The lowest BCUT2D eigenvalue weighted by molar-refractivity contribution is 0.266. The number of nitrogens with one attached hydrogen (secondary N) is 1. The van der Waals surface area contributed by atoms with Crippen LogP contribution in [-0.4, -0.2) is 62.7 Å². The van der Waals surface area contributed by atoms with E-state index < -0.39 is 0 Å². The fourth-order valence-corrected chi connectivity index (χ4v) is 3.32. The molecule has 100 valence electrons. The molecule has 3 heteroatoms. The van der Waals surface area contributed by atoms with Crippen molar-refractivity contribution in [1.29, 1.82) is 0 Å². The normalized spacial score (nSPS) is 30.5. The van der Waals surface area contributed by atoms with Gasteiger partial charge in [0.15, 0.2) is 0 Å². The first-order valence-electron chi connectivity index (χ1n) is 7.34. The highest BCUT2D eigenvalue weighted by Crippen LogP contribution is 2.16. The topological polar surface area (TPSA) is 18.5 Å². The third-order valence-corrected chi connectivity index (χ3v) is 4.31. The lowest BCUT2D eigenvalue weighted by Crippen LogP contribution is -2.29. The number of rotatable bonds is 6. The van der Waals surface area contributed by atoms with Crippen LogP contribution in [0.1, 0.15) is 32.1 Å². The second-order valence-corrected chi connectivity index (χ2v) is 6.11. The average molecular weight is 239 g/mol. The van der Waals surface area contributed by atoms with Crippen molar-refractivity contribution >= 4 is 0 Å². The first-order valence-corrected chi connectivity index (χ1v) is 7.34. The lowest BCUT2D eigenvalue weighted by Gasteiger charge is -2.21. The smallest absolute Gasteiger partial charge is 0.00680 e. The van der Waals surface area contributed by atoms with Gasteiger partial charge in [0.1, 0.15) is 0 Å². The van der Waals surface area contributed by atoms with Gasteiger partial charge in [-0.2, -0.15) is 0 Å². The Balaban J connectivity index is 1.52. The predicted octanol–water partition coefficient (Wildman–Crippen LogP) is 1.40. The van der Waals surface area contributed by atoms with Gasteiger partial charge < -0.3 is 15.1 Å². The fraction of sp³-hybridized carbons (Fsp3) is 1.00. The van der Waals surface area contributed by atoms with E-state index in [9.17, 15) is 0 Å². The van der Waals surface area contributed by atoms with Crippen LogP contribution in [0.3, 0.4) is 0 Å². The first kappa shape index (κ1) is 13.3. The van der Waals surface area contributed by atoms with Crippen LogP contribution in [0, 0.1) is 5.92 Å². The minimum Gasteiger partial charge on any atom is -0.314 e. The van der Waals surface area contributed by atoms with Gasteiger partial charge in [0.25, 0.3) is 0 Å². The molecule has 0 aromatic carbocycles. The van der Waals surface area contributed by atoms with Crippen LogP contribution in [0.5, 0.6) is 0 Å². The van der Waals surface area contributed by atoms with Crippen molar-refractivity contribution in [3.8, 4) is 0 Å². The molecule has 2 atom stereocenters. The molecule has 2 saturated heterocycles. The third-order valence-electron chi connectivity index (χ3n) is 4.31. The van der Waals surface area contributed by atoms with E-state index in [4.69, 9.17) is 0 Å². The van der Waals surface area contributed by atoms with Gasteiger partial charge in [-0.25, -0.2) is 0 Å². The van der Waals surface area contributed by atoms with Crippen molar-refractivity contribution in [2.45, 2.75) is 38.1 Å². The molecule has 0 bridgehead atoms. The summed E-state index contributed by atoms with van der Waals surface area (Å²) in [5.41, 5.74) is 0. The van der Waals surface area contributed by atoms with Gasteiger partial charge in [-0.15, -0.1) is 0 Å². The monoisotopic (exact) mass is 239 g/mol. The van der Waals surface area contributed by atoms with E-state index >= 15 is 0 Å². The van der Waals surface area contributed by atoms with Crippen LogP contribution in [0.15, 0.2) is 0 Å². The fourth-order valence-electron chi connectivity index (χ4n) is 3.32. The van der Waals surface area contributed by atoms with Gasteiger partial charge in [0.2, 0.25) is 0 Å². The van der Waals surface area contributed by atoms with E-state index in [-0.39, 0.29) is 0 Å². The molecule has 2 heterocycles. The molecule has 0 aromatic heterocycles. The van der Waals surface area contributed by atoms with Crippen LogP contribution in [-0.2, 0) is 0 Å². The summed E-state index contributed by atoms with van der Waals surface area (Å²) in [4.78, 5) is 5.00. The summed E-state index contributed by atoms with van der Waals surface area (Å²) in [6.45, 7) is 6.41. The summed E-state index contributed by atoms with van der Waals surface area (Å²) in [7, 11) is 4.53. The Hall–Kier alpha value is -0.120. The van der Waals surface area contributed by atoms with Gasteiger partial charge in [-0.05, 0) is 71.8 Å². The maximum Gasteiger partial charge on any atom is 0.00680 e. The van der Waals surface area contributed by atoms with Crippen LogP contribution in [0.4, 0.5) is 0 Å². The molecule has 0 radical (unpaired) electrons. The molecule has 0 saturated carbocycles. The molecule has 2 aliphatic rings. The number of hydrogen-bond donors (Lipinski definition) is 1. The zero-order valence-corrected chi connectivity index (χ0v) is 11.6. The summed E-state index contributed by atoms with van der Waals surface area (Å²) in [6.07, 6.45) is 6.91. The van der Waals surface area contributed by atoms with Gasteiger partial charge in [0, 0.05) is 19.1 Å². The molecule has 3 nitrogen and oxygen atoms in total. The Morgan fingerprint density at radius 3 is 2.88 bits per heavy atom. The number of hydrogen-bond acceptors (Lipinski definition) is 3.